The summed E-state index contributed by atoms with van der Waals surface area (Å²) in [5.41, 5.74) is 1.62. The summed E-state index contributed by atoms with van der Waals surface area (Å²) >= 11 is 6.08. The molecule has 6 nitrogen and oxygen atoms in total. The van der Waals surface area contributed by atoms with Gasteiger partial charge in [0, 0.05) is 25.7 Å². The summed E-state index contributed by atoms with van der Waals surface area (Å²) in [6.45, 7) is 1.30. The third-order valence-corrected chi connectivity index (χ3v) is 7.48. The maximum Gasteiger partial charge on any atom is 0.266 e. The monoisotopic (exact) mass is 436 g/mol. The number of benzene rings is 2. The Morgan fingerprint density at radius 1 is 1.17 bits per heavy atom. The summed E-state index contributed by atoms with van der Waals surface area (Å²) in [4.78, 5) is 19.4. The fraction of sp³-hybridized carbons (Fsp3) is 0.381. The van der Waals surface area contributed by atoms with Crippen LogP contribution in [0.15, 0.2) is 53.4 Å². The number of piperidine rings is 1. The van der Waals surface area contributed by atoms with Gasteiger partial charge in [-0.1, -0.05) is 46.4 Å². The van der Waals surface area contributed by atoms with Crippen molar-refractivity contribution >= 4 is 27.5 Å². The van der Waals surface area contributed by atoms with E-state index in [1.165, 1.54) is 31.9 Å². The minimum absolute atomic E-state index is 0.0482. The van der Waals surface area contributed by atoms with E-state index < -0.39 is 10.0 Å². The van der Waals surface area contributed by atoms with Crippen LogP contribution in [0.2, 0.25) is 5.02 Å². The lowest BCUT2D eigenvalue weighted by molar-refractivity contribution is -0.0258. The molecular formula is C21H25ClN2O4S. The number of nitrogens with zero attached hydrogens (tertiary/aromatic N) is 2. The van der Waals surface area contributed by atoms with Crippen LogP contribution in [0.4, 0.5) is 0 Å². The Bertz CT molecular complexity index is 958. The second kappa shape index (κ2) is 9.26. The standard InChI is InChI=1S/C21H25ClN2O4S/c1-23(28-2)29(26,27)20-15-18(8-9-19(20)22)21(25)24-12-10-17(11-13-24)14-16-6-4-3-5-7-16/h3-9,15,17H,10-14H2,1-2H3. The lowest BCUT2D eigenvalue weighted by Crippen LogP contribution is -2.39. The second-order valence-electron chi connectivity index (χ2n) is 7.17. The average molecular weight is 437 g/mol. The molecule has 0 spiro atoms. The molecule has 1 aliphatic heterocycles. The Labute approximate surface area is 177 Å². The van der Waals surface area contributed by atoms with E-state index in [4.69, 9.17) is 16.4 Å². The molecule has 1 heterocycles. The van der Waals surface area contributed by atoms with Crippen molar-refractivity contribution in [2.45, 2.75) is 24.2 Å². The topological polar surface area (TPSA) is 66.9 Å². The summed E-state index contributed by atoms with van der Waals surface area (Å²) < 4.78 is 25.8. The smallest absolute Gasteiger partial charge is 0.266 e. The number of hydroxylamine groups is 1. The SMILES string of the molecule is CON(C)S(=O)(=O)c1cc(C(=O)N2CCC(Cc3ccccc3)CC2)ccc1Cl. The zero-order valence-electron chi connectivity index (χ0n) is 16.5. The van der Waals surface area contributed by atoms with Crippen molar-refractivity contribution in [3.8, 4) is 0 Å². The molecule has 0 aliphatic carbocycles. The van der Waals surface area contributed by atoms with Gasteiger partial charge >= 0.3 is 0 Å². The average Bonchev–Trinajstić information content (AvgIpc) is 2.74. The Morgan fingerprint density at radius 2 is 1.83 bits per heavy atom. The molecule has 1 amide bonds. The molecule has 2 aromatic rings. The first-order valence-corrected chi connectivity index (χ1v) is 11.3. The predicted molar refractivity (Wildman–Crippen MR) is 112 cm³/mol. The van der Waals surface area contributed by atoms with Gasteiger partial charge in [-0.15, -0.1) is 0 Å². The number of carbonyl (C=O) groups is 1. The highest BCUT2D eigenvalue weighted by Crippen LogP contribution is 2.27. The molecule has 8 heteroatoms. The van der Waals surface area contributed by atoms with Crippen molar-refractivity contribution < 1.29 is 18.0 Å². The van der Waals surface area contributed by atoms with E-state index in [1.807, 2.05) is 18.2 Å². The first-order chi connectivity index (χ1) is 13.8. The summed E-state index contributed by atoms with van der Waals surface area (Å²) in [5.74, 6) is 0.356. The van der Waals surface area contributed by atoms with Crippen molar-refractivity contribution in [2.24, 2.45) is 5.92 Å². The fourth-order valence-corrected chi connectivity index (χ4v) is 5.01. The number of rotatable bonds is 6. The van der Waals surface area contributed by atoms with Crippen LogP contribution in [-0.4, -0.2) is 50.9 Å². The van der Waals surface area contributed by atoms with E-state index in [-0.39, 0.29) is 15.8 Å². The van der Waals surface area contributed by atoms with Crippen molar-refractivity contribution in [1.29, 1.82) is 0 Å². The molecule has 0 aromatic heterocycles. The number of hydrogen-bond donors (Lipinski definition) is 0. The van der Waals surface area contributed by atoms with Crippen molar-refractivity contribution in [3.63, 3.8) is 0 Å². The summed E-state index contributed by atoms with van der Waals surface area (Å²) in [5, 5.41) is 0.0482. The number of hydrogen-bond acceptors (Lipinski definition) is 4. The molecular weight excluding hydrogens is 412 g/mol. The zero-order valence-corrected chi connectivity index (χ0v) is 18.1. The molecule has 1 aliphatic rings. The van der Waals surface area contributed by atoms with E-state index in [1.54, 1.807) is 11.0 Å². The molecule has 2 aromatic carbocycles. The van der Waals surface area contributed by atoms with Crippen LogP contribution < -0.4 is 0 Å². The normalized spacial score (nSPS) is 15.7. The molecule has 29 heavy (non-hydrogen) atoms. The summed E-state index contributed by atoms with van der Waals surface area (Å²) in [7, 11) is -1.42. The van der Waals surface area contributed by atoms with Gasteiger partial charge in [0.1, 0.15) is 4.90 Å². The second-order valence-corrected chi connectivity index (χ2v) is 9.48. The lowest BCUT2D eigenvalue weighted by atomic mass is 9.90. The predicted octanol–water partition coefficient (Wildman–Crippen LogP) is 3.62. The highest BCUT2D eigenvalue weighted by atomic mass is 35.5. The molecule has 1 saturated heterocycles. The van der Waals surface area contributed by atoms with Crippen LogP contribution in [0.1, 0.15) is 28.8 Å². The van der Waals surface area contributed by atoms with E-state index in [2.05, 4.69) is 12.1 Å². The molecule has 0 bridgehead atoms. The van der Waals surface area contributed by atoms with Crippen LogP contribution >= 0.6 is 11.6 Å². The zero-order chi connectivity index (χ0) is 21.0. The molecule has 0 unspecified atom stereocenters. The van der Waals surface area contributed by atoms with Crippen LogP contribution in [0.25, 0.3) is 0 Å². The molecule has 0 radical (unpaired) electrons. The van der Waals surface area contributed by atoms with Crippen LogP contribution in [0.3, 0.4) is 0 Å². The number of amides is 1. The third-order valence-electron chi connectivity index (χ3n) is 5.32. The number of likely N-dealkylation sites (tertiary alicyclic amines) is 1. The highest BCUT2D eigenvalue weighted by molar-refractivity contribution is 7.89. The number of sulfonamides is 1. The van der Waals surface area contributed by atoms with Crippen LogP contribution in [0, 0.1) is 5.92 Å². The minimum atomic E-state index is -3.94. The van der Waals surface area contributed by atoms with Gasteiger partial charge in [-0.3, -0.25) is 9.63 Å². The largest absolute Gasteiger partial charge is 0.339 e. The van der Waals surface area contributed by atoms with Gasteiger partial charge in [0.2, 0.25) is 0 Å². The molecule has 0 N–H and O–H groups in total. The first-order valence-electron chi connectivity index (χ1n) is 9.48. The maximum atomic E-state index is 12.9. The Hall–Kier alpha value is -1.93. The molecule has 156 valence electrons. The van der Waals surface area contributed by atoms with Gasteiger partial charge < -0.3 is 4.90 Å². The molecule has 3 rings (SSSR count). The van der Waals surface area contributed by atoms with Crippen LogP contribution in [0.5, 0.6) is 0 Å². The van der Waals surface area contributed by atoms with E-state index >= 15 is 0 Å². The van der Waals surface area contributed by atoms with Crippen LogP contribution in [-0.2, 0) is 21.3 Å². The van der Waals surface area contributed by atoms with Gasteiger partial charge in [0.25, 0.3) is 15.9 Å². The quantitative estimate of drug-likeness (QED) is 0.648. The van der Waals surface area contributed by atoms with Crippen molar-refractivity contribution in [1.82, 2.24) is 9.37 Å². The van der Waals surface area contributed by atoms with E-state index in [0.717, 1.165) is 23.7 Å². The fourth-order valence-electron chi connectivity index (χ4n) is 3.54. The van der Waals surface area contributed by atoms with Gasteiger partial charge in [-0.2, -0.15) is 0 Å². The third kappa shape index (κ3) is 4.98. The summed E-state index contributed by atoms with van der Waals surface area (Å²) in [6, 6.07) is 14.7. The lowest BCUT2D eigenvalue weighted by Gasteiger charge is -2.32. The Balaban J connectivity index is 1.69. The molecule has 0 saturated carbocycles. The Morgan fingerprint density at radius 3 is 2.45 bits per heavy atom. The Kier molecular flexibility index (Phi) is 6.95. The maximum absolute atomic E-state index is 12.9. The number of halogens is 1. The minimum Gasteiger partial charge on any atom is -0.339 e. The van der Waals surface area contributed by atoms with E-state index in [9.17, 15) is 13.2 Å². The van der Waals surface area contributed by atoms with Gasteiger partial charge in [-0.05, 0) is 48.9 Å². The van der Waals surface area contributed by atoms with Gasteiger partial charge in [0.05, 0.1) is 12.1 Å². The highest BCUT2D eigenvalue weighted by Gasteiger charge is 2.28. The number of carbonyl (C=O) groups excluding carboxylic acids is 1. The molecule has 0 atom stereocenters. The molecule has 1 fully saturated rings. The van der Waals surface area contributed by atoms with Gasteiger partial charge in [0.15, 0.2) is 0 Å². The van der Waals surface area contributed by atoms with Gasteiger partial charge in [-0.25, -0.2) is 8.42 Å². The van der Waals surface area contributed by atoms with Crippen molar-refractivity contribution in [2.75, 3.05) is 27.2 Å². The summed E-state index contributed by atoms with van der Waals surface area (Å²) in [6.07, 6.45) is 2.85. The van der Waals surface area contributed by atoms with E-state index in [0.29, 0.717) is 24.6 Å². The first kappa shape index (κ1) is 21.8. The van der Waals surface area contributed by atoms with Crippen molar-refractivity contribution in [3.05, 3.63) is 64.7 Å².